The second-order valence-electron chi connectivity index (χ2n) is 2.40. The molecule has 0 aliphatic rings. The molecular weight excluding hydrogens is 152 g/mol. The molecule has 60 valence electrons. The average molecular weight is 160 g/mol. The Morgan fingerprint density at radius 3 is 2.92 bits per heavy atom. The van der Waals surface area contributed by atoms with E-state index in [2.05, 4.69) is 0 Å². The third-order valence-electron chi connectivity index (χ3n) is 1.49. The Bertz CT molecular complexity index is 339. The SMILES string of the molecule is N#CCc1cccc(C(N)=O)c1. The number of hydrogen-bond acceptors (Lipinski definition) is 2. The van der Waals surface area contributed by atoms with E-state index in [0.717, 1.165) is 5.56 Å². The fraction of sp³-hybridized carbons (Fsp3) is 0.111. The number of primary amides is 1. The van der Waals surface area contributed by atoms with Crippen LogP contribution in [0.15, 0.2) is 24.3 Å². The van der Waals surface area contributed by atoms with Crippen LogP contribution < -0.4 is 5.73 Å². The molecule has 0 fully saturated rings. The maximum Gasteiger partial charge on any atom is 0.248 e. The van der Waals surface area contributed by atoms with Gasteiger partial charge < -0.3 is 5.73 Å². The molecule has 0 spiro atoms. The van der Waals surface area contributed by atoms with Crippen molar-refractivity contribution in [3.8, 4) is 6.07 Å². The molecular formula is C9H8N2O. The van der Waals surface area contributed by atoms with Crippen LogP contribution in [-0.4, -0.2) is 5.91 Å². The number of amides is 1. The summed E-state index contributed by atoms with van der Waals surface area (Å²) in [5.41, 5.74) is 6.32. The van der Waals surface area contributed by atoms with Gasteiger partial charge in [-0.15, -0.1) is 0 Å². The molecule has 3 nitrogen and oxygen atoms in total. The minimum absolute atomic E-state index is 0.307. The quantitative estimate of drug-likeness (QED) is 0.696. The van der Waals surface area contributed by atoms with Gasteiger partial charge >= 0.3 is 0 Å². The van der Waals surface area contributed by atoms with Crippen molar-refractivity contribution >= 4 is 5.91 Å². The zero-order valence-corrected chi connectivity index (χ0v) is 6.45. The number of nitrogens with zero attached hydrogens (tertiary/aromatic N) is 1. The van der Waals surface area contributed by atoms with Crippen molar-refractivity contribution in [1.29, 1.82) is 5.26 Å². The topological polar surface area (TPSA) is 66.9 Å². The molecule has 1 amide bonds. The first kappa shape index (κ1) is 8.28. The average Bonchev–Trinajstić information content (AvgIpc) is 2.05. The van der Waals surface area contributed by atoms with Gasteiger partial charge in [0.2, 0.25) is 5.91 Å². The molecule has 0 saturated heterocycles. The molecule has 1 rings (SSSR count). The van der Waals surface area contributed by atoms with Gasteiger partial charge in [-0.1, -0.05) is 12.1 Å². The van der Waals surface area contributed by atoms with Gasteiger partial charge in [0.05, 0.1) is 12.5 Å². The van der Waals surface area contributed by atoms with Crippen LogP contribution in [0.3, 0.4) is 0 Å². The highest BCUT2D eigenvalue weighted by Gasteiger charge is 1.99. The lowest BCUT2D eigenvalue weighted by Gasteiger charge is -1.96. The highest BCUT2D eigenvalue weighted by Crippen LogP contribution is 2.04. The molecule has 2 N–H and O–H groups in total. The van der Waals surface area contributed by atoms with E-state index in [9.17, 15) is 4.79 Å². The lowest BCUT2D eigenvalue weighted by molar-refractivity contribution is 0.1000. The summed E-state index contributed by atoms with van der Waals surface area (Å²) in [6.45, 7) is 0. The summed E-state index contributed by atoms with van der Waals surface area (Å²) in [4.78, 5) is 10.7. The zero-order valence-electron chi connectivity index (χ0n) is 6.45. The molecule has 0 unspecified atom stereocenters. The number of carbonyl (C=O) groups excluding carboxylic acids is 1. The standard InChI is InChI=1S/C9H8N2O/c10-5-4-7-2-1-3-8(6-7)9(11)12/h1-3,6H,4H2,(H2,11,12). The van der Waals surface area contributed by atoms with Crippen LogP contribution in [0.4, 0.5) is 0 Å². The van der Waals surface area contributed by atoms with E-state index in [0.29, 0.717) is 12.0 Å². The summed E-state index contributed by atoms with van der Waals surface area (Å²) in [5.74, 6) is -0.463. The van der Waals surface area contributed by atoms with Crippen LogP contribution >= 0.6 is 0 Å². The Morgan fingerprint density at radius 2 is 2.33 bits per heavy atom. The molecule has 0 aromatic heterocycles. The van der Waals surface area contributed by atoms with E-state index >= 15 is 0 Å². The smallest absolute Gasteiger partial charge is 0.248 e. The molecule has 1 aromatic carbocycles. The van der Waals surface area contributed by atoms with E-state index in [1.165, 1.54) is 0 Å². The molecule has 0 aliphatic carbocycles. The van der Waals surface area contributed by atoms with E-state index in [1.807, 2.05) is 6.07 Å². The molecule has 3 heteroatoms. The van der Waals surface area contributed by atoms with Gasteiger partial charge in [0.1, 0.15) is 0 Å². The lowest BCUT2D eigenvalue weighted by atomic mass is 10.1. The van der Waals surface area contributed by atoms with Gasteiger partial charge in [-0.3, -0.25) is 4.79 Å². The summed E-state index contributed by atoms with van der Waals surface area (Å²) in [7, 11) is 0. The Labute approximate surface area is 70.4 Å². The fourth-order valence-electron chi connectivity index (χ4n) is 0.926. The number of benzene rings is 1. The highest BCUT2D eigenvalue weighted by molar-refractivity contribution is 5.92. The minimum atomic E-state index is -0.463. The molecule has 0 bridgehead atoms. The second kappa shape index (κ2) is 3.54. The second-order valence-corrected chi connectivity index (χ2v) is 2.40. The first-order valence-electron chi connectivity index (χ1n) is 3.49. The van der Waals surface area contributed by atoms with Gasteiger partial charge in [-0.05, 0) is 17.7 Å². The Morgan fingerprint density at radius 1 is 1.58 bits per heavy atom. The highest BCUT2D eigenvalue weighted by atomic mass is 16.1. The van der Waals surface area contributed by atoms with Crippen molar-refractivity contribution in [3.05, 3.63) is 35.4 Å². The third-order valence-corrected chi connectivity index (χ3v) is 1.49. The summed E-state index contributed by atoms with van der Waals surface area (Å²) in [6.07, 6.45) is 0.307. The maximum absolute atomic E-state index is 10.7. The molecule has 0 aliphatic heterocycles. The summed E-state index contributed by atoms with van der Waals surface area (Å²) >= 11 is 0. The Kier molecular flexibility index (Phi) is 2.44. The van der Waals surface area contributed by atoms with Gasteiger partial charge in [0.15, 0.2) is 0 Å². The summed E-state index contributed by atoms with van der Waals surface area (Å²) < 4.78 is 0. The summed E-state index contributed by atoms with van der Waals surface area (Å²) in [5, 5.41) is 8.38. The number of carbonyl (C=O) groups is 1. The summed E-state index contributed by atoms with van der Waals surface area (Å²) in [6, 6.07) is 8.76. The lowest BCUT2D eigenvalue weighted by Crippen LogP contribution is -2.10. The first-order valence-corrected chi connectivity index (χ1v) is 3.49. The Balaban J connectivity index is 2.97. The third kappa shape index (κ3) is 1.83. The van der Waals surface area contributed by atoms with Crippen molar-refractivity contribution in [2.45, 2.75) is 6.42 Å². The molecule has 0 radical (unpaired) electrons. The largest absolute Gasteiger partial charge is 0.366 e. The predicted molar refractivity (Wildman–Crippen MR) is 44.3 cm³/mol. The van der Waals surface area contributed by atoms with E-state index in [4.69, 9.17) is 11.0 Å². The van der Waals surface area contributed by atoms with Crippen molar-refractivity contribution in [1.82, 2.24) is 0 Å². The van der Waals surface area contributed by atoms with Crippen LogP contribution in [0.5, 0.6) is 0 Å². The van der Waals surface area contributed by atoms with E-state index in [-0.39, 0.29) is 0 Å². The minimum Gasteiger partial charge on any atom is -0.366 e. The number of hydrogen-bond donors (Lipinski definition) is 1. The molecule has 0 heterocycles. The van der Waals surface area contributed by atoms with Crippen LogP contribution in [0.1, 0.15) is 15.9 Å². The number of nitriles is 1. The van der Waals surface area contributed by atoms with Crippen LogP contribution in [0.2, 0.25) is 0 Å². The molecule has 0 saturated carbocycles. The maximum atomic E-state index is 10.7. The van der Waals surface area contributed by atoms with Crippen molar-refractivity contribution in [3.63, 3.8) is 0 Å². The van der Waals surface area contributed by atoms with Crippen molar-refractivity contribution in [2.75, 3.05) is 0 Å². The molecule has 12 heavy (non-hydrogen) atoms. The predicted octanol–water partition coefficient (Wildman–Crippen LogP) is 0.852. The molecule has 0 atom stereocenters. The van der Waals surface area contributed by atoms with Gasteiger partial charge in [0.25, 0.3) is 0 Å². The normalized spacial score (nSPS) is 8.92. The first-order chi connectivity index (χ1) is 5.74. The number of nitrogens with two attached hydrogens (primary N) is 1. The van der Waals surface area contributed by atoms with Crippen LogP contribution in [-0.2, 0) is 6.42 Å². The monoisotopic (exact) mass is 160 g/mol. The fourth-order valence-corrected chi connectivity index (χ4v) is 0.926. The van der Waals surface area contributed by atoms with Gasteiger partial charge in [0, 0.05) is 5.56 Å². The van der Waals surface area contributed by atoms with Crippen LogP contribution in [0.25, 0.3) is 0 Å². The number of rotatable bonds is 2. The van der Waals surface area contributed by atoms with E-state index < -0.39 is 5.91 Å². The van der Waals surface area contributed by atoms with Gasteiger partial charge in [-0.2, -0.15) is 5.26 Å². The van der Waals surface area contributed by atoms with Gasteiger partial charge in [-0.25, -0.2) is 0 Å². The van der Waals surface area contributed by atoms with Crippen molar-refractivity contribution in [2.24, 2.45) is 5.73 Å². The zero-order chi connectivity index (χ0) is 8.97. The van der Waals surface area contributed by atoms with E-state index in [1.54, 1.807) is 24.3 Å². The van der Waals surface area contributed by atoms with Crippen molar-refractivity contribution < 1.29 is 4.79 Å². The Hall–Kier alpha value is -1.82. The molecule has 1 aromatic rings. The van der Waals surface area contributed by atoms with Crippen LogP contribution in [0, 0.1) is 11.3 Å².